The molecular weight excluding hydrogens is 254 g/mol. The molecule has 0 aromatic rings. The van der Waals surface area contributed by atoms with E-state index < -0.39 is 5.97 Å². The Bertz CT molecular complexity index is 346. The highest BCUT2D eigenvalue weighted by Crippen LogP contribution is 2.31. The zero-order valence-corrected chi connectivity index (χ0v) is 13.2. The first-order valence-corrected chi connectivity index (χ1v) is 7.68. The van der Waals surface area contributed by atoms with Gasteiger partial charge in [-0.2, -0.15) is 0 Å². The molecule has 2 N–H and O–H groups in total. The first kappa shape index (κ1) is 17.0. The van der Waals surface area contributed by atoms with Crippen LogP contribution in [0.25, 0.3) is 0 Å². The Labute approximate surface area is 122 Å². The number of carboxylic acids is 1. The number of nitrogens with one attached hydrogen (secondary N) is 1. The summed E-state index contributed by atoms with van der Waals surface area (Å²) in [4.78, 5) is 23.0. The van der Waals surface area contributed by atoms with Gasteiger partial charge in [0, 0.05) is 13.0 Å². The van der Waals surface area contributed by atoms with Crippen molar-refractivity contribution in [2.45, 2.75) is 59.8 Å². The monoisotopic (exact) mass is 283 g/mol. The lowest BCUT2D eigenvalue weighted by molar-refractivity contribution is -0.143. The van der Waals surface area contributed by atoms with E-state index in [1.54, 1.807) is 0 Å². The molecule has 0 aliphatic heterocycles. The SMILES string of the molecule is CC(CC(=O)NCC1CCCC1C(=O)O)CC(C)(C)C. The molecule has 1 fully saturated rings. The number of carboxylic acid groups (broad SMARTS) is 1. The zero-order valence-electron chi connectivity index (χ0n) is 13.2. The first-order valence-electron chi connectivity index (χ1n) is 7.68. The van der Waals surface area contributed by atoms with E-state index in [-0.39, 0.29) is 23.2 Å². The predicted molar refractivity (Wildman–Crippen MR) is 79.3 cm³/mol. The van der Waals surface area contributed by atoms with Crippen LogP contribution in [0.1, 0.15) is 59.8 Å². The first-order chi connectivity index (χ1) is 9.19. The van der Waals surface area contributed by atoms with Crippen LogP contribution in [0.2, 0.25) is 0 Å². The van der Waals surface area contributed by atoms with Gasteiger partial charge in [0.05, 0.1) is 5.92 Å². The van der Waals surface area contributed by atoms with Crippen LogP contribution in [0.4, 0.5) is 0 Å². The topological polar surface area (TPSA) is 66.4 Å². The van der Waals surface area contributed by atoms with Gasteiger partial charge in [0.2, 0.25) is 5.91 Å². The van der Waals surface area contributed by atoms with Gasteiger partial charge in [0.25, 0.3) is 0 Å². The molecule has 116 valence electrons. The van der Waals surface area contributed by atoms with Gasteiger partial charge in [-0.3, -0.25) is 9.59 Å². The van der Waals surface area contributed by atoms with Crippen LogP contribution >= 0.6 is 0 Å². The van der Waals surface area contributed by atoms with E-state index in [4.69, 9.17) is 5.11 Å². The Hall–Kier alpha value is -1.06. The zero-order chi connectivity index (χ0) is 15.3. The Morgan fingerprint density at radius 3 is 2.50 bits per heavy atom. The molecule has 0 bridgehead atoms. The van der Waals surface area contributed by atoms with Crippen molar-refractivity contribution in [1.29, 1.82) is 0 Å². The van der Waals surface area contributed by atoms with Crippen LogP contribution in [-0.4, -0.2) is 23.5 Å². The standard InChI is InChI=1S/C16H29NO3/c1-11(9-16(2,3)4)8-14(18)17-10-12-6-5-7-13(12)15(19)20/h11-13H,5-10H2,1-4H3,(H,17,18)(H,19,20). The summed E-state index contributed by atoms with van der Waals surface area (Å²) < 4.78 is 0. The van der Waals surface area contributed by atoms with Crippen LogP contribution in [-0.2, 0) is 9.59 Å². The summed E-state index contributed by atoms with van der Waals surface area (Å²) in [5.74, 6) is -0.480. The lowest BCUT2D eigenvalue weighted by atomic mass is 9.84. The van der Waals surface area contributed by atoms with Crippen molar-refractivity contribution in [3.8, 4) is 0 Å². The number of hydrogen-bond donors (Lipinski definition) is 2. The van der Waals surface area contributed by atoms with Crippen molar-refractivity contribution >= 4 is 11.9 Å². The molecule has 0 aromatic carbocycles. The number of aliphatic carboxylic acids is 1. The van der Waals surface area contributed by atoms with Gasteiger partial charge in [0.1, 0.15) is 0 Å². The summed E-state index contributed by atoms with van der Waals surface area (Å²) in [5, 5.41) is 12.0. The lowest BCUT2D eigenvalue weighted by Gasteiger charge is -2.23. The fourth-order valence-electron chi connectivity index (χ4n) is 3.36. The molecule has 0 radical (unpaired) electrons. The van der Waals surface area contributed by atoms with Crippen molar-refractivity contribution in [1.82, 2.24) is 5.32 Å². The molecule has 1 saturated carbocycles. The second kappa shape index (κ2) is 7.09. The maximum absolute atomic E-state index is 11.9. The van der Waals surface area contributed by atoms with E-state index in [0.29, 0.717) is 18.9 Å². The third kappa shape index (κ3) is 5.93. The average molecular weight is 283 g/mol. The van der Waals surface area contributed by atoms with Crippen LogP contribution < -0.4 is 5.32 Å². The van der Waals surface area contributed by atoms with Gasteiger partial charge in [-0.25, -0.2) is 0 Å². The van der Waals surface area contributed by atoms with Crippen LogP contribution in [0.3, 0.4) is 0 Å². The van der Waals surface area contributed by atoms with E-state index in [1.807, 2.05) is 0 Å². The second-order valence-electron chi connectivity index (χ2n) is 7.51. The Kier molecular flexibility index (Phi) is 6.03. The normalized spacial score (nSPS) is 24.4. The molecule has 3 atom stereocenters. The molecule has 3 unspecified atom stereocenters. The quantitative estimate of drug-likeness (QED) is 0.787. The third-order valence-electron chi connectivity index (χ3n) is 4.03. The highest BCUT2D eigenvalue weighted by Gasteiger charge is 2.32. The molecule has 20 heavy (non-hydrogen) atoms. The van der Waals surface area contributed by atoms with Gasteiger partial charge < -0.3 is 10.4 Å². The Morgan fingerprint density at radius 1 is 1.30 bits per heavy atom. The Balaban J connectivity index is 2.31. The van der Waals surface area contributed by atoms with Crippen LogP contribution in [0, 0.1) is 23.2 Å². The van der Waals surface area contributed by atoms with Crippen LogP contribution in [0.15, 0.2) is 0 Å². The van der Waals surface area contributed by atoms with Gasteiger partial charge in [-0.1, -0.05) is 34.1 Å². The fraction of sp³-hybridized carbons (Fsp3) is 0.875. The minimum atomic E-state index is -0.720. The molecule has 4 heteroatoms. The summed E-state index contributed by atoms with van der Waals surface area (Å²) in [6, 6.07) is 0. The number of carbonyl (C=O) groups is 2. The summed E-state index contributed by atoms with van der Waals surface area (Å²) in [6.45, 7) is 9.14. The van der Waals surface area contributed by atoms with Crippen molar-refractivity contribution in [2.75, 3.05) is 6.54 Å². The maximum atomic E-state index is 11.9. The number of rotatable bonds is 6. The number of hydrogen-bond acceptors (Lipinski definition) is 2. The summed E-state index contributed by atoms with van der Waals surface area (Å²) >= 11 is 0. The highest BCUT2D eigenvalue weighted by molar-refractivity contribution is 5.76. The van der Waals surface area contributed by atoms with E-state index in [9.17, 15) is 9.59 Å². The van der Waals surface area contributed by atoms with E-state index in [1.165, 1.54) is 0 Å². The minimum absolute atomic E-state index is 0.0535. The molecule has 0 spiro atoms. The van der Waals surface area contributed by atoms with Gasteiger partial charge in [-0.05, 0) is 36.5 Å². The van der Waals surface area contributed by atoms with Crippen molar-refractivity contribution < 1.29 is 14.7 Å². The third-order valence-corrected chi connectivity index (χ3v) is 4.03. The molecule has 0 saturated heterocycles. The summed E-state index contributed by atoms with van der Waals surface area (Å²) in [5.41, 5.74) is 0.236. The second-order valence-corrected chi connectivity index (χ2v) is 7.51. The average Bonchev–Trinajstić information content (AvgIpc) is 2.71. The molecule has 1 aliphatic carbocycles. The van der Waals surface area contributed by atoms with E-state index in [0.717, 1.165) is 25.7 Å². The maximum Gasteiger partial charge on any atom is 0.306 e. The Morgan fingerprint density at radius 2 is 1.95 bits per heavy atom. The fourth-order valence-corrected chi connectivity index (χ4v) is 3.36. The van der Waals surface area contributed by atoms with E-state index in [2.05, 4.69) is 33.0 Å². The van der Waals surface area contributed by atoms with Crippen molar-refractivity contribution in [3.63, 3.8) is 0 Å². The lowest BCUT2D eigenvalue weighted by Crippen LogP contribution is -2.34. The molecule has 0 heterocycles. The molecule has 0 aromatic heterocycles. The summed E-state index contributed by atoms with van der Waals surface area (Å²) in [6.07, 6.45) is 4.16. The number of carbonyl (C=O) groups excluding carboxylic acids is 1. The molecular formula is C16H29NO3. The molecule has 1 amide bonds. The molecule has 1 aliphatic rings. The largest absolute Gasteiger partial charge is 0.481 e. The highest BCUT2D eigenvalue weighted by atomic mass is 16.4. The molecule has 4 nitrogen and oxygen atoms in total. The van der Waals surface area contributed by atoms with Gasteiger partial charge >= 0.3 is 5.97 Å². The van der Waals surface area contributed by atoms with E-state index >= 15 is 0 Å². The van der Waals surface area contributed by atoms with Crippen LogP contribution in [0.5, 0.6) is 0 Å². The molecule has 1 rings (SSSR count). The predicted octanol–water partition coefficient (Wildman–Crippen LogP) is 3.07. The summed E-state index contributed by atoms with van der Waals surface area (Å²) in [7, 11) is 0. The smallest absolute Gasteiger partial charge is 0.306 e. The van der Waals surface area contributed by atoms with Crippen molar-refractivity contribution in [3.05, 3.63) is 0 Å². The number of amides is 1. The van der Waals surface area contributed by atoms with Crippen molar-refractivity contribution in [2.24, 2.45) is 23.2 Å². The van der Waals surface area contributed by atoms with Gasteiger partial charge in [-0.15, -0.1) is 0 Å². The minimum Gasteiger partial charge on any atom is -0.481 e. The van der Waals surface area contributed by atoms with Gasteiger partial charge in [0.15, 0.2) is 0 Å².